The standard InChI is InChI=1S/C14H11N3O3/c1-20-14(19)10-4-2-9(3-5-10)11-7-17-8-15-6-12(17)13(18)16-11/h2-8H,1H3,(H,16,18). The Morgan fingerprint density at radius 1 is 1.30 bits per heavy atom. The molecule has 3 aromatic rings. The molecular weight excluding hydrogens is 258 g/mol. The predicted octanol–water partition coefficient (Wildman–Crippen LogP) is 1.48. The second-order valence-electron chi connectivity index (χ2n) is 4.25. The molecule has 20 heavy (non-hydrogen) atoms. The monoisotopic (exact) mass is 269 g/mol. The predicted molar refractivity (Wildman–Crippen MR) is 72.6 cm³/mol. The maximum absolute atomic E-state index is 11.9. The Kier molecular flexibility index (Phi) is 2.83. The molecule has 0 saturated carbocycles. The molecule has 0 radical (unpaired) electrons. The molecule has 0 bridgehead atoms. The third-order valence-electron chi connectivity index (χ3n) is 3.03. The highest BCUT2D eigenvalue weighted by Gasteiger charge is 2.07. The van der Waals surface area contributed by atoms with Gasteiger partial charge in [0.25, 0.3) is 5.56 Å². The van der Waals surface area contributed by atoms with Gasteiger partial charge in [0.1, 0.15) is 5.52 Å². The number of hydrogen-bond donors (Lipinski definition) is 1. The Hall–Kier alpha value is -2.89. The Bertz CT molecular complexity index is 831. The van der Waals surface area contributed by atoms with Crippen LogP contribution in [0.5, 0.6) is 0 Å². The van der Waals surface area contributed by atoms with Crippen LogP contribution in [0.3, 0.4) is 0 Å². The van der Waals surface area contributed by atoms with Crippen molar-refractivity contribution in [3.05, 3.63) is 58.9 Å². The fourth-order valence-electron chi connectivity index (χ4n) is 1.99. The van der Waals surface area contributed by atoms with Gasteiger partial charge < -0.3 is 9.72 Å². The molecule has 2 heterocycles. The lowest BCUT2D eigenvalue weighted by atomic mass is 10.1. The summed E-state index contributed by atoms with van der Waals surface area (Å²) in [5.41, 5.74) is 2.18. The number of imidazole rings is 1. The number of nitrogens with one attached hydrogen (secondary N) is 1. The minimum atomic E-state index is -0.393. The number of methoxy groups -OCH3 is 1. The molecule has 1 aromatic carbocycles. The zero-order valence-corrected chi connectivity index (χ0v) is 10.7. The summed E-state index contributed by atoms with van der Waals surface area (Å²) in [7, 11) is 1.33. The molecule has 0 aliphatic rings. The van der Waals surface area contributed by atoms with E-state index in [4.69, 9.17) is 0 Å². The van der Waals surface area contributed by atoms with Gasteiger partial charge in [-0.3, -0.25) is 9.20 Å². The first-order valence-electron chi connectivity index (χ1n) is 5.93. The van der Waals surface area contributed by atoms with E-state index in [1.54, 1.807) is 41.2 Å². The van der Waals surface area contributed by atoms with E-state index in [1.165, 1.54) is 13.3 Å². The summed E-state index contributed by atoms with van der Waals surface area (Å²) >= 11 is 0. The molecule has 0 fully saturated rings. The van der Waals surface area contributed by atoms with E-state index in [0.29, 0.717) is 16.8 Å². The lowest BCUT2D eigenvalue weighted by molar-refractivity contribution is 0.0601. The lowest BCUT2D eigenvalue weighted by Crippen LogP contribution is -2.10. The van der Waals surface area contributed by atoms with E-state index >= 15 is 0 Å². The number of nitrogens with zero attached hydrogens (tertiary/aromatic N) is 2. The zero-order valence-electron chi connectivity index (χ0n) is 10.7. The fourth-order valence-corrected chi connectivity index (χ4v) is 1.99. The number of aromatic amines is 1. The van der Waals surface area contributed by atoms with Gasteiger partial charge in [0.2, 0.25) is 0 Å². The van der Waals surface area contributed by atoms with Crippen LogP contribution >= 0.6 is 0 Å². The highest BCUT2D eigenvalue weighted by Crippen LogP contribution is 2.17. The maximum atomic E-state index is 11.9. The van der Waals surface area contributed by atoms with Crippen molar-refractivity contribution in [2.75, 3.05) is 7.11 Å². The number of H-pyrrole nitrogens is 1. The van der Waals surface area contributed by atoms with Crippen LogP contribution in [0.25, 0.3) is 16.8 Å². The minimum Gasteiger partial charge on any atom is -0.465 e. The van der Waals surface area contributed by atoms with Crippen molar-refractivity contribution >= 4 is 11.5 Å². The molecule has 0 atom stereocenters. The first kappa shape index (κ1) is 12.2. The third-order valence-corrected chi connectivity index (χ3v) is 3.03. The SMILES string of the molecule is COC(=O)c1ccc(-c2cn3cncc3c(=O)[nH]2)cc1. The molecule has 0 aliphatic carbocycles. The van der Waals surface area contributed by atoms with Crippen molar-refractivity contribution in [1.82, 2.24) is 14.4 Å². The van der Waals surface area contributed by atoms with Crippen molar-refractivity contribution in [2.45, 2.75) is 0 Å². The van der Waals surface area contributed by atoms with Crippen LogP contribution in [-0.4, -0.2) is 27.4 Å². The Balaban J connectivity index is 2.06. The zero-order chi connectivity index (χ0) is 14.1. The summed E-state index contributed by atoms with van der Waals surface area (Å²) < 4.78 is 6.29. The average Bonchev–Trinajstić information content (AvgIpc) is 2.95. The van der Waals surface area contributed by atoms with Crippen LogP contribution in [0.2, 0.25) is 0 Å². The molecule has 2 aromatic heterocycles. The molecule has 1 N–H and O–H groups in total. The van der Waals surface area contributed by atoms with Crippen molar-refractivity contribution in [2.24, 2.45) is 0 Å². The number of esters is 1. The Labute approximate surface area is 113 Å². The molecule has 6 heteroatoms. The number of benzene rings is 1. The van der Waals surface area contributed by atoms with Crippen LogP contribution in [-0.2, 0) is 4.74 Å². The van der Waals surface area contributed by atoms with E-state index in [-0.39, 0.29) is 5.56 Å². The number of ether oxygens (including phenoxy) is 1. The second kappa shape index (κ2) is 4.65. The van der Waals surface area contributed by atoms with Gasteiger partial charge in [0, 0.05) is 6.20 Å². The Morgan fingerprint density at radius 3 is 2.75 bits per heavy atom. The fraction of sp³-hybridized carbons (Fsp3) is 0.0714. The van der Waals surface area contributed by atoms with Crippen LogP contribution in [0.1, 0.15) is 10.4 Å². The summed E-state index contributed by atoms with van der Waals surface area (Å²) in [6, 6.07) is 6.80. The molecule has 0 unspecified atom stereocenters. The number of carbonyl (C=O) groups is 1. The lowest BCUT2D eigenvalue weighted by Gasteiger charge is -2.04. The molecule has 6 nitrogen and oxygen atoms in total. The van der Waals surface area contributed by atoms with Crippen molar-refractivity contribution < 1.29 is 9.53 Å². The molecule has 0 amide bonds. The summed E-state index contributed by atoms with van der Waals surface area (Å²) in [6.45, 7) is 0. The van der Waals surface area contributed by atoms with Crippen LogP contribution in [0.15, 0.2) is 47.8 Å². The van der Waals surface area contributed by atoms with E-state index < -0.39 is 5.97 Å². The molecule has 3 rings (SSSR count). The summed E-state index contributed by atoms with van der Waals surface area (Å²) in [6.07, 6.45) is 4.84. The maximum Gasteiger partial charge on any atom is 0.337 e. The van der Waals surface area contributed by atoms with Crippen LogP contribution < -0.4 is 5.56 Å². The largest absolute Gasteiger partial charge is 0.465 e. The van der Waals surface area contributed by atoms with Gasteiger partial charge in [-0.25, -0.2) is 9.78 Å². The average molecular weight is 269 g/mol. The van der Waals surface area contributed by atoms with Gasteiger partial charge in [0.15, 0.2) is 0 Å². The normalized spacial score (nSPS) is 10.7. The highest BCUT2D eigenvalue weighted by molar-refractivity contribution is 5.89. The van der Waals surface area contributed by atoms with Gasteiger partial charge >= 0.3 is 5.97 Å². The summed E-state index contributed by atoms with van der Waals surface area (Å²) in [5.74, 6) is -0.393. The number of carbonyl (C=O) groups excluding carboxylic acids is 1. The van der Waals surface area contributed by atoms with Crippen LogP contribution in [0, 0.1) is 0 Å². The molecule has 0 saturated heterocycles. The molecular formula is C14H11N3O3. The van der Waals surface area contributed by atoms with Crippen molar-refractivity contribution in [1.29, 1.82) is 0 Å². The first-order valence-corrected chi connectivity index (χ1v) is 5.93. The minimum absolute atomic E-state index is 0.211. The molecule has 100 valence electrons. The van der Waals surface area contributed by atoms with Gasteiger partial charge in [-0.1, -0.05) is 12.1 Å². The topological polar surface area (TPSA) is 76.5 Å². The number of aromatic nitrogens is 3. The highest BCUT2D eigenvalue weighted by atomic mass is 16.5. The second-order valence-corrected chi connectivity index (χ2v) is 4.25. The number of hydrogen-bond acceptors (Lipinski definition) is 4. The summed E-state index contributed by atoms with van der Waals surface area (Å²) in [5, 5.41) is 0. The van der Waals surface area contributed by atoms with E-state index in [9.17, 15) is 9.59 Å². The van der Waals surface area contributed by atoms with Crippen molar-refractivity contribution in [3.63, 3.8) is 0 Å². The van der Waals surface area contributed by atoms with Gasteiger partial charge in [0.05, 0.1) is 30.9 Å². The number of fused-ring (bicyclic) bond motifs is 1. The van der Waals surface area contributed by atoms with Gasteiger partial charge in [-0.05, 0) is 17.7 Å². The smallest absolute Gasteiger partial charge is 0.337 e. The van der Waals surface area contributed by atoms with E-state index in [1.807, 2.05) is 0 Å². The van der Waals surface area contributed by atoms with E-state index in [2.05, 4.69) is 14.7 Å². The molecule has 0 spiro atoms. The number of rotatable bonds is 2. The van der Waals surface area contributed by atoms with Crippen molar-refractivity contribution in [3.8, 4) is 11.3 Å². The van der Waals surface area contributed by atoms with Crippen LogP contribution in [0.4, 0.5) is 0 Å². The van der Waals surface area contributed by atoms with Gasteiger partial charge in [-0.15, -0.1) is 0 Å². The molecule has 0 aliphatic heterocycles. The first-order chi connectivity index (χ1) is 9.69. The summed E-state index contributed by atoms with van der Waals surface area (Å²) in [4.78, 5) is 29.9. The van der Waals surface area contributed by atoms with Gasteiger partial charge in [-0.2, -0.15) is 0 Å². The Morgan fingerprint density at radius 2 is 2.05 bits per heavy atom. The van der Waals surface area contributed by atoms with E-state index in [0.717, 1.165) is 5.56 Å². The third kappa shape index (κ3) is 1.97. The quantitative estimate of drug-likeness (QED) is 0.715.